The molecule has 0 aromatic carbocycles. The van der Waals surface area contributed by atoms with Crippen molar-refractivity contribution in [1.29, 1.82) is 0 Å². The number of hydrogen-bond acceptors (Lipinski definition) is 3. The summed E-state index contributed by atoms with van der Waals surface area (Å²) in [5.41, 5.74) is -2.45. The van der Waals surface area contributed by atoms with E-state index in [2.05, 4.69) is 9.72 Å². The van der Waals surface area contributed by atoms with Crippen molar-refractivity contribution >= 4 is 28.4 Å². The van der Waals surface area contributed by atoms with Crippen LogP contribution in [-0.4, -0.2) is 16.6 Å². The third kappa shape index (κ3) is 4.17. The Kier molecular flexibility index (Phi) is 4.92. The van der Waals surface area contributed by atoms with E-state index in [-0.39, 0.29) is 11.6 Å². The van der Waals surface area contributed by atoms with Crippen molar-refractivity contribution in [3.63, 3.8) is 0 Å². The minimum atomic E-state index is -5.27. The van der Waals surface area contributed by atoms with Crippen molar-refractivity contribution in [3.8, 4) is 5.75 Å². The van der Waals surface area contributed by atoms with Gasteiger partial charge in [-0.1, -0.05) is 0 Å². The number of halogens is 7. The zero-order chi connectivity index (χ0) is 14.8. The van der Waals surface area contributed by atoms with E-state index < -0.39 is 35.0 Å². The number of alkyl halides is 6. The maximum Gasteiger partial charge on any atom is 0.573 e. The average Bonchev–Trinajstić information content (AvgIpc) is 2.26. The summed E-state index contributed by atoms with van der Waals surface area (Å²) >= 11 is 10.3. The van der Waals surface area contributed by atoms with Crippen LogP contribution >= 0.6 is 23.2 Å². The Bertz CT molecular complexity index is 492. The lowest BCUT2D eigenvalue weighted by molar-refractivity contribution is -0.275. The Morgan fingerprint density at radius 1 is 1.42 bits per heavy atom. The first-order valence-corrected chi connectivity index (χ1v) is 5.40. The van der Waals surface area contributed by atoms with Gasteiger partial charge >= 0.3 is 6.36 Å². The summed E-state index contributed by atoms with van der Waals surface area (Å²) in [6.45, 7) is 0. The molecule has 0 N–H and O–H groups in total. The summed E-state index contributed by atoms with van der Waals surface area (Å²) in [5, 5.41) is -1.46. The molecular weight excluding hydrogens is 320 g/mol. The van der Waals surface area contributed by atoms with Gasteiger partial charge in [0.2, 0.25) is 0 Å². The Labute approximate surface area is 113 Å². The molecule has 0 saturated heterocycles. The van der Waals surface area contributed by atoms with Crippen LogP contribution in [0.25, 0.3) is 0 Å². The number of ether oxygens (including phenoxy) is 1. The Morgan fingerprint density at radius 3 is 2.37 bits per heavy atom. The predicted octanol–water partition coefficient (Wildman–Crippen LogP) is 4.04. The molecule has 0 spiro atoms. The van der Waals surface area contributed by atoms with Gasteiger partial charge in [0.25, 0.3) is 11.7 Å². The largest absolute Gasteiger partial charge is 0.573 e. The van der Waals surface area contributed by atoms with Crippen molar-refractivity contribution in [2.24, 2.45) is 0 Å². The number of carbonyl (C=O) groups excluding carboxylic acids is 1. The number of nitrogens with zero attached hydrogens (tertiary/aromatic N) is 1. The van der Waals surface area contributed by atoms with Gasteiger partial charge in [-0.25, -0.2) is 13.8 Å². The number of carbonyl (C=O) groups is 1. The van der Waals surface area contributed by atoms with E-state index in [4.69, 9.17) is 23.2 Å². The van der Waals surface area contributed by atoms with Crippen molar-refractivity contribution in [2.45, 2.75) is 18.7 Å². The van der Waals surface area contributed by atoms with Crippen LogP contribution in [0.2, 0.25) is 0 Å². The highest BCUT2D eigenvalue weighted by molar-refractivity contribution is 6.67. The van der Waals surface area contributed by atoms with Crippen LogP contribution in [0.5, 0.6) is 5.75 Å². The van der Waals surface area contributed by atoms with Crippen LogP contribution in [0.4, 0.5) is 22.0 Å². The first-order chi connectivity index (χ1) is 8.65. The van der Waals surface area contributed by atoms with Gasteiger partial charge in [0.05, 0.1) is 17.1 Å². The normalized spacial score (nSPS) is 11.8. The minimum absolute atomic E-state index is 0.226. The number of rotatable bonds is 4. The molecule has 3 nitrogen and oxygen atoms in total. The molecule has 0 saturated carbocycles. The van der Waals surface area contributed by atoms with Crippen LogP contribution in [0, 0.1) is 0 Å². The van der Waals surface area contributed by atoms with Gasteiger partial charge < -0.3 is 4.74 Å². The molecule has 0 aliphatic carbocycles. The van der Waals surface area contributed by atoms with Crippen LogP contribution in [-0.2, 0) is 5.88 Å². The topological polar surface area (TPSA) is 39.2 Å². The van der Waals surface area contributed by atoms with Gasteiger partial charge in [0.1, 0.15) is 0 Å². The molecule has 19 heavy (non-hydrogen) atoms. The van der Waals surface area contributed by atoms with Crippen LogP contribution in [0.3, 0.4) is 0 Å². The third-order valence-corrected chi connectivity index (χ3v) is 2.28. The van der Waals surface area contributed by atoms with Crippen molar-refractivity contribution in [3.05, 3.63) is 23.0 Å². The molecule has 10 heteroatoms. The van der Waals surface area contributed by atoms with E-state index in [1.165, 1.54) is 0 Å². The highest BCUT2D eigenvalue weighted by Crippen LogP contribution is 2.36. The van der Waals surface area contributed by atoms with E-state index >= 15 is 0 Å². The smallest absolute Gasteiger partial charge is 0.403 e. The monoisotopic (exact) mass is 323 g/mol. The lowest BCUT2D eigenvalue weighted by Crippen LogP contribution is -2.21. The second-order valence-corrected chi connectivity index (χ2v) is 3.75. The van der Waals surface area contributed by atoms with Crippen molar-refractivity contribution < 1.29 is 31.5 Å². The zero-order valence-corrected chi connectivity index (χ0v) is 10.3. The third-order valence-electron chi connectivity index (χ3n) is 1.83. The van der Waals surface area contributed by atoms with Gasteiger partial charge in [0, 0.05) is 0 Å². The number of pyridine rings is 1. The highest BCUT2D eigenvalue weighted by Gasteiger charge is 2.36. The van der Waals surface area contributed by atoms with Gasteiger partial charge in [-0.2, -0.15) is 0 Å². The van der Waals surface area contributed by atoms with E-state index in [9.17, 15) is 26.7 Å². The second-order valence-electron chi connectivity index (χ2n) is 3.14. The predicted molar refractivity (Wildman–Crippen MR) is 55.6 cm³/mol. The Morgan fingerprint density at radius 2 is 2.00 bits per heavy atom. The molecule has 0 radical (unpaired) electrons. The first kappa shape index (κ1) is 15.9. The number of aromatic nitrogens is 1. The fraction of sp³-hybridized carbons (Fsp3) is 0.333. The summed E-state index contributed by atoms with van der Waals surface area (Å²) in [7, 11) is 0. The van der Waals surface area contributed by atoms with E-state index in [0.29, 0.717) is 6.07 Å². The molecule has 0 aliphatic rings. The fourth-order valence-electron chi connectivity index (χ4n) is 1.20. The second kappa shape index (κ2) is 5.87. The summed E-state index contributed by atoms with van der Waals surface area (Å²) in [6, 6.07) is 0.613. The maximum absolute atomic E-state index is 12.7. The van der Waals surface area contributed by atoms with Crippen molar-refractivity contribution in [2.75, 3.05) is 0 Å². The first-order valence-electron chi connectivity index (χ1n) is 4.49. The molecular formula is C9H4Cl2F5NO2. The van der Waals surface area contributed by atoms with Gasteiger partial charge in [-0.3, -0.25) is 4.79 Å². The molecule has 1 aromatic heterocycles. The minimum Gasteiger partial charge on any atom is -0.403 e. The Balaban J connectivity index is 3.49. The molecule has 1 aromatic rings. The average molecular weight is 324 g/mol. The molecule has 1 heterocycles. The number of hydrogen-bond donors (Lipinski definition) is 0. The molecule has 0 atom stereocenters. The lowest BCUT2D eigenvalue weighted by atomic mass is 10.1. The lowest BCUT2D eigenvalue weighted by Gasteiger charge is -2.15. The standard InChI is InChI=1S/C9H4Cl2F5NO2/c10-2-3-1-4(8(12)13)6(19-9(14,15)16)5(17-3)7(11)18/h1,8H,2H2. The molecule has 0 bridgehead atoms. The van der Waals surface area contributed by atoms with E-state index in [1.807, 2.05) is 0 Å². The van der Waals surface area contributed by atoms with E-state index in [0.717, 1.165) is 0 Å². The molecule has 0 aliphatic heterocycles. The maximum atomic E-state index is 12.7. The van der Waals surface area contributed by atoms with Crippen molar-refractivity contribution in [1.82, 2.24) is 4.98 Å². The van der Waals surface area contributed by atoms with Gasteiger partial charge in [-0.05, 0) is 17.7 Å². The van der Waals surface area contributed by atoms with Crippen LogP contribution < -0.4 is 4.74 Å². The van der Waals surface area contributed by atoms with Crippen LogP contribution in [0.1, 0.15) is 28.2 Å². The summed E-state index contributed by atoms with van der Waals surface area (Å²) in [5.74, 6) is -1.81. The van der Waals surface area contributed by atoms with Crippen LogP contribution in [0.15, 0.2) is 6.07 Å². The Hall–Kier alpha value is -1.15. The summed E-state index contributed by atoms with van der Waals surface area (Å²) < 4.78 is 65.2. The molecule has 1 rings (SSSR count). The molecule has 0 amide bonds. The highest BCUT2D eigenvalue weighted by atomic mass is 35.5. The molecule has 0 fully saturated rings. The SMILES string of the molecule is O=C(Cl)c1nc(CCl)cc(C(F)F)c1OC(F)(F)F. The quantitative estimate of drug-likeness (QED) is 0.477. The van der Waals surface area contributed by atoms with Gasteiger partial charge in [-0.15, -0.1) is 24.8 Å². The summed E-state index contributed by atoms with van der Waals surface area (Å²) in [6.07, 6.45) is -8.59. The summed E-state index contributed by atoms with van der Waals surface area (Å²) in [4.78, 5) is 14.3. The molecule has 106 valence electrons. The fourth-order valence-corrected chi connectivity index (χ4v) is 1.46. The molecule has 0 unspecified atom stereocenters. The van der Waals surface area contributed by atoms with Gasteiger partial charge in [0.15, 0.2) is 11.4 Å². The zero-order valence-electron chi connectivity index (χ0n) is 8.77. The van der Waals surface area contributed by atoms with E-state index in [1.54, 1.807) is 0 Å².